The highest BCUT2D eigenvalue weighted by atomic mass is 79.9. The predicted octanol–water partition coefficient (Wildman–Crippen LogP) is 7.08. The Labute approximate surface area is 213 Å². The first-order valence-electron chi connectivity index (χ1n) is 10.9. The van der Waals surface area contributed by atoms with Gasteiger partial charge in [-0.25, -0.2) is 0 Å². The number of hydrogen-bond acceptors (Lipinski definition) is 7. The largest absolute Gasteiger partial charge is 0.497 e. The number of ether oxygens (including phenoxy) is 3. The fourth-order valence-electron chi connectivity index (χ4n) is 3.45. The Morgan fingerprint density at radius 1 is 0.629 bits per heavy atom. The molecule has 0 saturated carbocycles. The van der Waals surface area contributed by atoms with Gasteiger partial charge in [-0.2, -0.15) is 5.12 Å². The van der Waals surface area contributed by atoms with E-state index >= 15 is 0 Å². The van der Waals surface area contributed by atoms with Crippen LogP contribution in [-0.4, -0.2) is 21.3 Å². The zero-order chi connectivity index (χ0) is 24.6. The maximum atomic E-state index is 5.57. The molecule has 4 aromatic rings. The van der Waals surface area contributed by atoms with Gasteiger partial charge in [0.05, 0.1) is 38.4 Å². The molecular formula is C27H27BrN4O3. The highest BCUT2D eigenvalue weighted by Gasteiger charge is 2.16. The van der Waals surface area contributed by atoms with E-state index in [1.807, 2.05) is 96.1 Å². The number of benzene rings is 4. The third-order valence-corrected chi connectivity index (χ3v) is 5.75. The number of nitrogens with zero attached hydrogens (tertiary/aromatic N) is 1. The lowest BCUT2D eigenvalue weighted by Gasteiger charge is -2.30. The summed E-state index contributed by atoms with van der Waals surface area (Å²) in [6, 6.07) is 29.2. The lowest BCUT2D eigenvalue weighted by Crippen LogP contribution is -2.36. The van der Waals surface area contributed by atoms with Gasteiger partial charge < -0.3 is 19.5 Å². The molecule has 4 aromatic carbocycles. The molecule has 180 valence electrons. The summed E-state index contributed by atoms with van der Waals surface area (Å²) < 4.78 is 17.5. The van der Waals surface area contributed by atoms with Gasteiger partial charge in [-0.15, -0.1) is 0 Å². The summed E-state index contributed by atoms with van der Waals surface area (Å²) in [6.07, 6.45) is 0. The molecule has 0 aliphatic rings. The highest BCUT2D eigenvalue weighted by molar-refractivity contribution is 9.10. The summed E-state index contributed by atoms with van der Waals surface area (Å²) in [5, 5.41) is 5.33. The van der Waals surface area contributed by atoms with Crippen molar-refractivity contribution in [1.29, 1.82) is 0 Å². The summed E-state index contributed by atoms with van der Waals surface area (Å²) in [7, 11) is 4.94. The molecule has 0 saturated heterocycles. The molecule has 0 aromatic heterocycles. The number of hydrazine groups is 2. The number of halogens is 1. The van der Waals surface area contributed by atoms with Crippen LogP contribution in [0.15, 0.2) is 95.5 Å². The van der Waals surface area contributed by atoms with Gasteiger partial charge in [0, 0.05) is 22.3 Å². The van der Waals surface area contributed by atoms with Crippen LogP contribution in [0.3, 0.4) is 0 Å². The van der Waals surface area contributed by atoms with E-state index in [0.29, 0.717) is 5.75 Å². The maximum Gasteiger partial charge on any atom is 0.143 e. The van der Waals surface area contributed by atoms with E-state index in [4.69, 9.17) is 14.2 Å². The lowest BCUT2D eigenvalue weighted by molar-refractivity contribution is 0.415. The van der Waals surface area contributed by atoms with Gasteiger partial charge in [-0.05, 0) is 60.7 Å². The van der Waals surface area contributed by atoms with E-state index in [2.05, 4.69) is 32.1 Å². The van der Waals surface area contributed by atoms with E-state index in [1.165, 1.54) is 0 Å². The molecular weight excluding hydrogens is 508 g/mol. The number of methoxy groups -OCH3 is 3. The van der Waals surface area contributed by atoms with Crippen LogP contribution in [0.25, 0.3) is 0 Å². The van der Waals surface area contributed by atoms with Crippen LogP contribution < -0.4 is 35.5 Å². The zero-order valence-corrected chi connectivity index (χ0v) is 21.3. The Morgan fingerprint density at radius 2 is 1.37 bits per heavy atom. The van der Waals surface area contributed by atoms with Crippen molar-refractivity contribution in [3.63, 3.8) is 0 Å². The van der Waals surface area contributed by atoms with Crippen molar-refractivity contribution in [2.45, 2.75) is 0 Å². The first-order valence-corrected chi connectivity index (χ1v) is 11.7. The maximum absolute atomic E-state index is 5.57. The fraction of sp³-hybridized carbons (Fsp3) is 0.111. The molecule has 3 N–H and O–H groups in total. The molecule has 0 radical (unpaired) electrons. The average Bonchev–Trinajstić information content (AvgIpc) is 2.90. The molecule has 0 bridgehead atoms. The van der Waals surface area contributed by atoms with Crippen LogP contribution >= 0.6 is 15.9 Å². The number of anilines is 5. The molecule has 4 rings (SSSR count). The van der Waals surface area contributed by atoms with Crippen molar-refractivity contribution in [3.05, 3.63) is 95.5 Å². The monoisotopic (exact) mass is 534 g/mol. The smallest absolute Gasteiger partial charge is 0.143 e. The van der Waals surface area contributed by atoms with Crippen molar-refractivity contribution in [3.8, 4) is 17.2 Å². The minimum absolute atomic E-state index is 0.709. The summed E-state index contributed by atoms with van der Waals surface area (Å²) in [6.45, 7) is 0. The van der Waals surface area contributed by atoms with Gasteiger partial charge in [0.2, 0.25) is 0 Å². The Balaban J connectivity index is 1.76. The SMILES string of the molecule is COc1cccc(NN(Nc2ccccc2OC)c2ccc(OC)cc2Nc2ccc(Br)cc2)c1. The predicted molar refractivity (Wildman–Crippen MR) is 146 cm³/mol. The number of nitrogens with one attached hydrogen (secondary N) is 3. The zero-order valence-electron chi connectivity index (χ0n) is 19.7. The third-order valence-electron chi connectivity index (χ3n) is 5.22. The van der Waals surface area contributed by atoms with E-state index < -0.39 is 0 Å². The molecule has 0 spiro atoms. The normalized spacial score (nSPS) is 10.3. The van der Waals surface area contributed by atoms with E-state index in [1.54, 1.807) is 21.3 Å². The van der Waals surface area contributed by atoms with Gasteiger partial charge in [-0.1, -0.05) is 34.1 Å². The van der Waals surface area contributed by atoms with Gasteiger partial charge in [0.25, 0.3) is 0 Å². The summed E-state index contributed by atoms with van der Waals surface area (Å²) >= 11 is 3.49. The van der Waals surface area contributed by atoms with Crippen molar-refractivity contribution >= 4 is 44.4 Å². The molecule has 0 atom stereocenters. The van der Waals surface area contributed by atoms with E-state index in [9.17, 15) is 0 Å². The first-order chi connectivity index (χ1) is 17.1. The molecule has 35 heavy (non-hydrogen) atoms. The topological polar surface area (TPSA) is 67.0 Å². The van der Waals surface area contributed by atoms with Crippen LogP contribution in [-0.2, 0) is 0 Å². The lowest BCUT2D eigenvalue weighted by atomic mass is 10.2. The van der Waals surface area contributed by atoms with Gasteiger partial charge in [0.15, 0.2) is 0 Å². The molecule has 0 unspecified atom stereocenters. The first kappa shape index (κ1) is 24.1. The molecule has 0 aliphatic heterocycles. The Kier molecular flexibility index (Phi) is 7.84. The Morgan fingerprint density at radius 3 is 2.11 bits per heavy atom. The highest BCUT2D eigenvalue weighted by Crippen LogP contribution is 2.35. The van der Waals surface area contributed by atoms with Crippen molar-refractivity contribution in [2.24, 2.45) is 0 Å². The van der Waals surface area contributed by atoms with Gasteiger partial charge in [-0.3, -0.25) is 10.9 Å². The molecule has 7 nitrogen and oxygen atoms in total. The molecule has 0 amide bonds. The minimum atomic E-state index is 0.709. The Hall–Kier alpha value is -4.04. The average molecular weight is 535 g/mol. The molecule has 0 fully saturated rings. The van der Waals surface area contributed by atoms with Crippen LogP contribution in [0.2, 0.25) is 0 Å². The second-order valence-corrected chi connectivity index (χ2v) is 8.42. The third kappa shape index (κ3) is 6.10. The molecule has 0 aliphatic carbocycles. The van der Waals surface area contributed by atoms with Crippen LogP contribution in [0.1, 0.15) is 0 Å². The summed E-state index contributed by atoms with van der Waals surface area (Å²) in [5.41, 5.74) is 11.1. The fourth-order valence-corrected chi connectivity index (χ4v) is 3.72. The number of rotatable bonds is 10. The number of hydrogen-bond donors (Lipinski definition) is 3. The van der Waals surface area contributed by atoms with Gasteiger partial charge >= 0.3 is 0 Å². The standard InChI is InChI=1S/C27H27BrN4O3/c1-33-22-8-6-7-21(17-22)30-32(31-24-9-4-5-10-27(24)35-3)26-16-15-23(34-2)18-25(26)29-20-13-11-19(28)12-14-20/h4-18,29-31H,1-3H3. The second-order valence-electron chi connectivity index (χ2n) is 7.51. The quantitative estimate of drug-likeness (QED) is 0.188. The van der Waals surface area contributed by atoms with Crippen LogP contribution in [0.4, 0.5) is 28.4 Å². The van der Waals surface area contributed by atoms with E-state index in [-0.39, 0.29) is 0 Å². The molecule has 8 heteroatoms. The molecule has 0 heterocycles. The summed E-state index contributed by atoms with van der Waals surface area (Å²) in [5.74, 6) is 2.18. The van der Waals surface area contributed by atoms with Crippen LogP contribution in [0.5, 0.6) is 17.2 Å². The minimum Gasteiger partial charge on any atom is -0.497 e. The second kappa shape index (κ2) is 11.4. The Bertz CT molecular complexity index is 1270. The van der Waals surface area contributed by atoms with Crippen molar-refractivity contribution in [1.82, 2.24) is 0 Å². The van der Waals surface area contributed by atoms with E-state index in [0.717, 1.165) is 44.4 Å². The van der Waals surface area contributed by atoms with Crippen molar-refractivity contribution < 1.29 is 14.2 Å². The summed E-state index contributed by atoms with van der Waals surface area (Å²) in [4.78, 5) is 0. The van der Waals surface area contributed by atoms with Gasteiger partial charge in [0.1, 0.15) is 22.9 Å². The van der Waals surface area contributed by atoms with Crippen LogP contribution in [0, 0.1) is 0 Å². The van der Waals surface area contributed by atoms with Crippen molar-refractivity contribution in [2.75, 3.05) is 42.6 Å². The number of para-hydroxylation sites is 2.